The molecule has 0 radical (unpaired) electrons. The van der Waals surface area contributed by atoms with Gasteiger partial charge in [-0.05, 0) is 18.1 Å². The summed E-state index contributed by atoms with van der Waals surface area (Å²) in [6.07, 6.45) is 2.47. The lowest BCUT2D eigenvalue weighted by molar-refractivity contribution is 0.0902. The number of anilines is 1. The summed E-state index contributed by atoms with van der Waals surface area (Å²) in [4.78, 5) is 0. The van der Waals surface area contributed by atoms with Crippen molar-refractivity contribution in [3.63, 3.8) is 0 Å². The zero-order chi connectivity index (χ0) is 11.5. The molecule has 0 saturated heterocycles. The third-order valence-electron chi connectivity index (χ3n) is 1.78. The lowest BCUT2D eigenvalue weighted by atomic mass is 10.1. The average Bonchev–Trinajstić information content (AvgIpc) is 2.07. The number of ether oxygens (including phenoxy) is 1. The highest BCUT2D eigenvalue weighted by molar-refractivity contribution is 5.52. The van der Waals surface area contributed by atoms with E-state index in [1.54, 1.807) is 18.2 Å². The molecule has 0 unspecified atom stereocenters. The van der Waals surface area contributed by atoms with Crippen molar-refractivity contribution < 1.29 is 4.74 Å². The number of hydrogen-bond acceptors (Lipinski definition) is 5. The number of nitrogens with two attached hydrogens (primary N) is 4. The van der Waals surface area contributed by atoms with Gasteiger partial charge in [-0.3, -0.25) is 17.2 Å². The summed E-state index contributed by atoms with van der Waals surface area (Å²) in [5.41, 5.74) is 23.2. The maximum absolute atomic E-state index is 5.78. The quantitative estimate of drug-likeness (QED) is 0.312. The molecule has 15 heavy (non-hydrogen) atoms. The summed E-state index contributed by atoms with van der Waals surface area (Å²) in [6.45, 7) is 3.63. The molecule has 0 aliphatic rings. The standard InChI is InChI=1S/C10H16N4O/c1-2-3-7-4-5-8(6-9(7)11)15-10(12,13)14/h2,4-6H,1,3,11-14H2. The molecule has 0 spiro atoms. The molecule has 0 aliphatic heterocycles. The number of rotatable bonds is 4. The van der Waals surface area contributed by atoms with Crippen molar-refractivity contribution >= 4 is 5.69 Å². The molecular formula is C10H16N4O. The maximum atomic E-state index is 5.78. The zero-order valence-corrected chi connectivity index (χ0v) is 8.44. The second-order valence-electron chi connectivity index (χ2n) is 3.31. The summed E-state index contributed by atoms with van der Waals surface area (Å²) in [7, 11) is 0. The van der Waals surface area contributed by atoms with E-state index in [-0.39, 0.29) is 0 Å². The van der Waals surface area contributed by atoms with Gasteiger partial charge in [0.05, 0.1) is 0 Å². The second-order valence-corrected chi connectivity index (χ2v) is 3.31. The van der Waals surface area contributed by atoms with Gasteiger partial charge in [-0.2, -0.15) is 0 Å². The van der Waals surface area contributed by atoms with Crippen LogP contribution in [0, 0.1) is 0 Å². The minimum atomic E-state index is -1.69. The third-order valence-corrected chi connectivity index (χ3v) is 1.78. The average molecular weight is 208 g/mol. The van der Waals surface area contributed by atoms with Gasteiger partial charge in [0.25, 0.3) is 5.97 Å². The molecule has 8 N–H and O–H groups in total. The molecule has 5 nitrogen and oxygen atoms in total. The minimum absolute atomic E-state index is 0.438. The van der Waals surface area contributed by atoms with Crippen LogP contribution in [0.3, 0.4) is 0 Å². The Labute approximate surface area is 88.7 Å². The van der Waals surface area contributed by atoms with Crippen molar-refractivity contribution in [2.24, 2.45) is 17.2 Å². The van der Waals surface area contributed by atoms with Gasteiger partial charge in [-0.15, -0.1) is 6.58 Å². The van der Waals surface area contributed by atoms with Crippen molar-refractivity contribution in [1.82, 2.24) is 0 Å². The highest BCUT2D eigenvalue weighted by Crippen LogP contribution is 2.21. The van der Waals surface area contributed by atoms with Crippen LogP contribution < -0.4 is 27.7 Å². The first-order valence-electron chi connectivity index (χ1n) is 4.47. The summed E-state index contributed by atoms with van der Waals surface area (Å²) in [6, 6.07) is 5.15. The Bertz CT molecular complexity index is 357. The summed E-state index contributed by atoms with van der Waals surface area (Å²) < 4.78 is 5.04. The van der Waals surface area contributed by atoms with E-state index in [1.807, 2.05) is 6.07 Å². The van der Waals surface area contributed by atoms with Gasteiger partial charge in [0.2, 0.25) is 0 Å². The van der Waals surface area contributed by atoms with Gasteiger partial charge in [0.1, 0.15) is 5.75 Å². The molecule has 0 bridgehead atoms. The van der Waals surface area contributed by atoms with Crippen molar-refractivity contribution in [1.29, 1.82) is 0 Å². The predicted molar refractivity (Wildman–Crippen MR) is 60.7 cm³/mol. The van der Waals surface area contributed by atoms with Crippen LogP contribution in [0.5, 0.6) is 5.75 Å². The highest BCUT2D eigenvalue weighted by atomic mass is 16.5. The van der Waals surface area contributed by atoms with E-state index in [2.05, 4.69) is 6.58 Å². The highest BCUT2D eigenvalue weighted by Gasteiger charge is 2.13. The fourth-order valence-corrected chi connectivity index (χ4v) is 1.18. The Balaban J connectivity index is 2.86. The molecule has 0 atom stereocenters. The van der Waals surface area contributed by atoms with Crippen LogP contribution in [0.25, 0.3) is 0 Å². The molecule has 82 valence electrons. The Kier molecular flexibility index (Phi) is 3.31. The van der Waals surface area contributed by atoms with Gasteiger partial charge < -0.3 is 10.5 Å². The first-order valence-corrected chi connectivity index (χ1v) is 4.47. The molecular weight excluding hydrogens is 192 g/mol. The molecule has 1 rings (SSSR count). The smallest absolute Gasteiger partial charge is 0.271 e. The zero-order valence-electron chi connectivity index (χ0n) is 8.44. The Morgan fingerprint density at radius 1 is 1.33 bits per heavy atom. The van der Waals surface area contributed by atoms with E-state index >= 15 is 0 Å². The topological polar surface area (TPSA) is 113 Å². The second kappa shape index (κ2) is 4.31. The maximum Gasteiger partial charge on any atom is 0.271 e. The van der Waals surface area contributed by atoms with Gasteiger partial charge in [0.15, 0.2) is 0 Å². The van der Waals surface area contributed by atoms with E-state index in [9.17, 15) is 0 Å². The normalized spacial score (nSPS) is 11.1. The number of hydrogen-bond donors (Lipinski definition) is 4. The first kappa shape index (κ1) is 11.5. The van der Waals surface area contributed by atoms with E-state index in [0.29, 0.717) is 17.9 Å². The molecule has 0 amide bonds. The summed E-state index contributed by atoms with van der Waals surface area (Å²) >= 11 is 0. The van der Waals surface area contributed by atoms with Gasteiger partial charge in [-0.25, -0.2) is 0 Å². The fraction of sp³-hybridized carbons (Fsp3) is 0.200. The fourth-order valence-electron chi connectivity index (χ4n) is 1.18. The van der Waals surface area contributed by atoms with E-state index < -0.39 is 5.97 Å². The van der Waals surface area contributed by atoms with E-state index in [0.717, 1.165) is 5.56 Å². The first-order chi connectivity index (χ1) is 6.92. The predicted octanol–water partition coefficient (Wildman–Crippen LogP) is -0.136. The Morgan fingerprint density at radius 3 is 2.47 bits per heavy atom. The molecule has 0 aromatic heterocycles. The van der Waals surface area contributed by atoms with Gasteiger partial charge in [0, 0.05) is 11.8 Å². The minimum Gasteiger partial charge on any atom is -0.447 e. The molecule has 1 aromatic carbocycles. The Morgan fingerprint density at radius 2 is 2.00 bits per heavy atom. The van der Waals surface area contributed by atoms with E-state index in [1.165, 1.54) is 0 Å². The molecule has 0 heterocycles. The molecule has 0 fully saturated rings. The van der Waals surface area contributed by atoms with Crippen molar-refractivity contribution in [2.45, 2.75) is 12.4 Å². The molecule has 0 saturated carbocycles. The van der Waals surface area contributed by atoms with Crippen LogP contribution in [0.15, 0.2) is 30.9 Å². The molecule has 0 aliphatic carbocycles. The van der Waals surface area contributed by atoms with Crippen LogP contribution >= 0.6 is 0 Å². The van der Waals surface area contributed by atoms with Crippen LogP contribution in [0.1, 0.15) is 5.56 Å². The van der Waals surface area contributed by atoms with E-state index in [4.69, 9.17) is 27.7 Å². The molecule has 1 aromatic rings. The van der Waals surface area contributed by atoms with Crippen LogP contribution in [0.2, 0.25) is 0 Å². The summed E-state index contributed by atoms with van der Waals surface area (Å²) in [5.74, 6) is -1.25. The van der Waals surface area contributed by atoms with Crippen LogP contribution in [-0.4, -0.2) is 5.97 Å². The lowest BCUT2D eigenvalue weighted by Crippen LogP contribution is -2.62. The monoisotopic (exact) mass is 208 g/mol. The number of nitrogen functional groups attached to an aromatic ring is 1. The SMILES string of the molecule is C=CCc1ccc(OC(N)(N)N)cc1N. The van der Waals surface area contributed by atoms with Crippen molar-refractivity contribution in [2.75, 3.05) is 5.73 Å². The van der Waals surface area contributed by atoms with Gasteiger partial charge in [-0.1, -0.05) is 12.1 Å². The largest absolute Gasteiger partial charge is 0.447 e. The number of allylic oxidation sites excluding steroid dienone is 1. The van der Waals surface area contributed by atoms with Gasteiger partial charge >= 0.3 is 0 Å². The summed E-state index contributed by atoms with van der Waals surface area (Å²) in [5, 5.41) is 0. The van der Waals surface area contributed by atoms with Crippen molar-refractivity contribution in [3.05, 3.63) is 36.4 Å². The lowest BCUT2D eigenvalue weighted by Gasteiger charge is -2.20. The van der Waals surface area contributed by atoms with Crippen molar-refractivity contribution in [3.8, 4) is 5.75 Å². The third kappa shape index (κ3) is 3.59. The Hall–Kier alpha value is -1.56. The number of benzene rings is 1. The molecule has 5 heteroatoms. The van der Waals surface area contributed by atoms with Crippen LogP contribution in [0.4, 0.5) is 5.69 Å². The van der Waals surface area contributed by atoms with Crippen LogP contribution in [-0.2, 0) is 6.42 Å².